The van der Waals surface area contributed by atoms with Gasteiger partial charge in [-0.25, -0.2) is 0 Å². The van der Waals surface area contributed by atoms with Gasteiger partial charge in [0, 0.05) is 4.48 Å². The number of hydrogen-bond donors (Lipinski definition) is 1. The highest BCUT2D eigenvalue weighted by Gasteiger charge is 2.45. The van der Waals surface area contributed by atoms with E-state index in [0.717, 1.165) is 0 Å². The molecule has 0 aromatic carbocycles. The fourth-order valence-electron chi connectivity index (χ4n) is 1.70. The van der Waals surface area contributed by atoms with Crippen molar-refractivity contribution in [3.63, 3.8) is 0 Å². The Labute approximate surface area is 104 Å². The number of amides is 2. The van der Waals surface area contributed by atoms with Gasteiger partial charge in [0.05, 0.1) is 6.54 Å². The van der Waals surface area contributed by atoms with Crippen LogP contribution in [0.2, 0.25) is 0 Å². The van der Waals surface area contributed by atoms with E-state index in [1.807, 2.05) is 6.92 Å². The molecule has 4 nitrogen and oxygen atoms in total. The zero-order chi connectivity index (χ0) is 12.5. The van der Waals surface area contributed by atoms with E-state index in [-0.39, 0.29) is 11.8 Å². The van der Waals surface area contributed by atoms with Crippen molar-refractivity contribution in [3.8, 4) is 0 Å². The van der Waals surface area contributed by atoms with Crippen molar-refractivity contribution in [1.82, 2.24) is 10.2 Å². The normalized spacial score (nSPS) is 30.2. The van der Waals surface area contributed by atoms with Crippen LogP contribution in [0.1, 0.15) is 27.2 Å². The van der Waals surface area contributed by atoms with Crippen LogP contribution in [0.3, 0.4) is 0 Å². The van der Waals surface area contributed by atoms with Gasteiger partial charge >= 0.3 is 0 Å². The molecule has 2 atom stereocenters. The third kappa shape index (κ3) is 2.29. The standard InChI is InChI=1S/C11H17BrN2O2/c1-5-11(4)10(16)14(6-7(2)12)8(3)9(15)13-11/h8H,2,5-6H2,1,3-4H3,(H,13,15). The maximum absolute atomic E-state index is 12.2. The lowest BCUT2D eigenvalue weighted by molar-refractivity contribution is -0.153. The molecule has 1 N–H and O–H groups in total. The van der Waals surface area contributed by atoms with E-state index in [2.05, 4.69) is 27.8 Å². The van der Waals surface area contributed by atoms with Gasteiger partial charge < -0.3 is 10.2 Å². The Hall–Kier alpha value is -0.840. The number of carbonyl (C=O) groups excluding carboxylic acids is 2. The maximum Gasteiger partial charge on any atom is 0.249 e. The van der Waals surface area contributed by atoms with E-state index in [0.29, 0.717) is 17.4 Å². The first-order valence-electron chi connectivity index (χ1n) is 5.28. The summed E-state index contributed by atoms with van der Waals surface area (Å²) in [6, 6.07) is -0.443. The average molecular weight is 289 g/mol. The fourth-order valence-corrected chi connectivity index (χ4v) is 1.97. The van der Waals surface area contributed by atoms with Gasteiger partial charge in [0.1, 0.15) is 11.6 Å². The molecule has 1 heterocycles. The second-order valence-electron chi connectivity index (χ2n) is 4.30. The van der Waals surface area contributed by atoms with Crippen LogP contribution in [0.4, 0.5) is 0 Å². The van der Waals surface area contributed by atoms with Crippen LogP contribution in [0, 0.1) is 0 Å². The zero-order valence-electron chi connectivity index (χ0n) is 9.84. The molecule has 2 unspecified atom stereocenters. The van der Waals surface area contributed by atoms with Gasteiger partial charge in [0.2, 0.25) is 11.8 Å². The molecule has 1 rings (SSSR count). The molecule has 0 aromatic rings. The highest BCUT2D eigenvalue weighted by atomic mass is 79.9. The molecule has 90 valence electrons. The number of piperazine rings is 1. The lowest BCUT2D eigenvalue weighted by Crippen LogP contribution is -2.68. The SMILES string of the molecule is C=C(Br)CN1C(=O)C(C)(CC)NC(=O)C1C. The third-order valence-electron chi connectivity index (χ3n) is 3.03. The molecular weight excluding hydrogens is 272 g/mol. The quantitative estimate of drug-likeness (QED) is 0.854. The highest BCUT2D eigenvalue weighted by Crippen LogP contribution is 2.22. The van der Waals surface area contributed by atoms with E-state index < -0.39 is 11.6 Å². The third-order valence-corrected chi connectivity index (χ3v) is 3.28. The van der Waals surface area contributed by atoms with Crippen LogP contribution in [0.15, 0.2) is 11.1 Å². The van der Waals surface area contributed by atoms with E-state index in [1.54, 1.807) is 18.7 Å². The monoisotopic (exact) mass is 288 g/mol. The number of nitrogens with one attached hydrogen (secondary N) is 1. The van der Waals surface area contributed by atoms with Crippen molar-refractivity contribution >= 4 is 27.7 Å². The molecule has 1 aliphatic heterocycles. The summed E-state index contributed by atoms with van der Waals surface area (Å²) in [6.45, 7) is 9.43. The highest BCUT2D eigenvalue weighted by molar-refractivity contribution is 9.11. The van der Waals surface area contributed by atoms with Crippen LogP contribution in [-0.2, 0) is 9.59 Å². The topological polar surface area (TPSA) is 49.4 Å². The van der Waals surface area contributed by atoms with E-state index >= 15 is 0 Å². The van der Waals surface area contributed by atoms with Crippen molar-refractivity contribution in [2.45, 2.75) is 38.8 Å². The van der Waals surface area contributed by atoms with Crippen molar-refractivity contribution in [2.24, 2.45) is 0 Å². The van der Waals surface area contributed by atoms with E-state index in [9.17, 15) is 9.59 Å². The minimum absolute atomic E-state index is 0.0531. The minimum atomic E-state index is -0.786. The first kappa shape index (κ1) is 13.2. The molecule has 0 aromatic heterocycles. The number of halogens is 1. The predicted molar refractivity (Wildman–Crippen MR) is 66.1 cm³/mol. The molecule has 1 fully saturated rings. The lowest BCUT2D eigenvalue weighted by Gasteiger charge is -2.42. The van der Waals surface area contributed by atoms with Gasteiger partial charge in [-0.3, -0.25) is 9.59 Å². The van der Waals surface area contributed by atoms with Gasteiger partial charge in [0.15, 0.2) is 0 Å². The van der Waals surface area contributed by atoms with Crippen molar-refractivity contribution in [2.75, 3.05) is 6.54 Å². The second-order valence-corrected chi connectivity index (χ2v) is 5.42. The second kappa shape index (κ2) is 4.57. The summed E-state index contributed by atoms with van der Waals surface area (Å²) in [5.41, 5.74) is -0.786. The lowest BCUT2D eigenvalue weighted by atomic mass is 9.92. The fraction of sp³-hybridized carbons (Fsp3) is 0.636. The van der Waals surface area contributed by atoms with Crippen LogP contribution >= 0.6 is 15.9 Å². The van der Waals surface area contributed by atoms with Crippen molar-refractivity contribution in [1.29, 1.82) is 0 Å². The van der Waals surface area contributed by atoms with Crippen LogP contribution in [0.5, 0.6) is 0 Å². The summed E-state index contributed by atoms with van der Waals surface area (Å²) < 4.78 is 0.695. The molecule has 5 heteroatoms. The zero-order valence-corrected chi connectivity index (χ0v) is 11.4. The average Bonchev–Trinajstić information content (AvgIpc) is 2.21. The van der Waals surface area contributed by atoms with Gasteiger partial charge in [-0.05, 0) is 20.3 Å². The number of carbonyl (C=O) groups is 2. The van der Waals surface area contributed by atoms with Gasteiger partial charge in [-0.1, -0.05) is 29.4 Å². The molecule has 0 bridgehead atoms. The van der Waals surface area contributed by atoms with E-state index in [1.165, 1.54) is 0 Å². The molecule has 1 aliphatic rings. The van der Waals surface area contributed by atoms with Crippen LogP contribution in [-0.4, -0.2) is 34.8 Å². The Morgan fingerprint density at radius 1 is 1.62 bits per heavy atom. The molecule has 0 spiro atoms. The molecule has 16 heavy (non-hydrogen) atoms. The largest absolute Gasteiger partial charge is 0.340 e. The van der Waals surface area contributed by atoms with Crippen molar-refractivity contribution < 1.29 is 9.59 Å². The van der Waals surface area contributed by atoms with Gasteiger partial charge in [-0.2, -0.15) is 0 Å². The first-order valence-corrected chi connectivity index (χ1v) is 6.07. The Morgan fingerprint density at radius 2 is 2.19 bits per heavy atom. The Bertz CT molecular complexity index is 343. The molecular formula is C11H17BrN2O2. The van der Waals surface area contributed by atoms with E-state index in [4.69, 9.17) is 0 Å². The molecule has 0 saturated carbocycles. The Balaban J connectivity index is 2.99. The molecule has 0 aliphatic carbocycles. The predicted octanol–water partition coefficient (Wildman–Crippen LogP) is 1.41. The van der Waals surface area contributed by atoms with Crippen molar-refractivity contribution in [3.05, 3.63) is 11.1 Å². The first-order chi connectivity index (χ1) is 7.31. The molecule has 2 amide bonds. The number of nitrogens with zero attached hydrogens (tertiary/aromatic N) is 1. The summed E-state index contributed by atoms with van der Waals surface area (Å²) in [7, 11) is 0. The summed E-state index contributed by atoms with van der Waals surface area (Å²) in [4.78, 5) is 25.5. The smallest absolute Gasteiger partial charge is 0.249 e. The minimum Gasteiger partial charge on any atom is -0.340 e. The van der Waals surface area contributed by atoms with Gasteiger partial charge in [-0.15, -0.1) is 0 Å². The maximum atomic E-state index is 12.2. The summed E-state index contributed by atoms with van der Waals surface area (Å²) in [5, 5.41) is 2.77. The Kier molecular flexibility index (Phi) is 3.78. The van der Waals surface area contributed by atoms with Crippen LogP contribution < -0.4 is 5.32 Å². The van der Waals surface area contributed by atoms with Gasteiger partial charge in [0.25, 0.3) is 0 Å². The number of rotatable bonds is 3. The molecule has 1 saturated heterocycles. The number of hydrogen-bond acceptors (Lipinski definition) is 2. The summed E-state index contributed by atoms with van der Waals surface area (Å²) in [5.74, 6) is -0.166. The summed E-state index contributed by atoms with van der Waals surface area (Å²) in [6.07, 6.45) is 0.579. The Morgan fingerprint density at radius 3 is 2.62 bits per heavy atom. The summed E-state index contributed by atoms with van der Waals surface area (Å²) >= 11 is 3.22. The molecule has 0 radical (unpaired) electrons. The van der Waals surface area contributed by atoms with Crippen LogP contribution in [0.25, 0.3) is 0 Å².